The maximum atomic E-state index is 13.2. The van der Waals surface area contributed by atoms with Crippen molar-refractivity contribution in [1.82, 2.24) is 9.55 Å². The summed E-state index contributed by atoms with van der Waals surface area (Å²) in [7, 11) is 0. The molecule has 1 aromatic heterocycles. The molecule has 5 rings (SSSR count). The minimum atomic E-state index is -1.27. The maximum Gasteiger partial charge on any atom is 0.338 e. The standard InChI is InChI=1S/C32H27IN2O9/c1-19-17-35(32(40)34-27(19)36)28-24(33)26(44-31(39)22-15-9-4-10-16-22)25(43-28)23(42-30(38)21-13-7-3-8-14-21)18-41-29(37)20-11-5-2-6-12-20/h2-17,23-26,28H,18H2,1H3,(H,34,36,40)/t23-,24-,25-,26-,28-/m1/s1. The van der Waals surface area contributed by atoms with Crippen molar-refractivity contribution >= 4 is 40.5 Å². The van der Waals surface area contributed by atoms with Gasteiger partial charge in [0.05, 0.1) is 20.6 Å². The highest BCUT2D eigenvalue weighted by molar-refractivity contribution is 14.1. The van der Waals surface area contributed by atoms with Crippen LogP contribution >= 0.6 is 22.6 Å². The molecule has 12 heteroatoms. The second-order valence-electron chi connectivity index (χ2n) is 9.92. The van der Waals surface area contributed by atoms with E-state index in [4.69, 9.17) is 18.9 Å². The smallest absolute Gasteiger partial charge is 0.338 e. The normalized spacial score (nSPS) is 20.0. The van der Waals surface area contributed by atoms with Crippen molar-refractivity contribution in [1.29, 1.82) is 0 Å². The monoisotopic (exact) mass is 710 g/mol. The predicted molar refractivity (Wildman–Crippen MR) is 166 cm³/mol. The topological polar surface area (TPSA) is 143 Å². The number of hydrogen-bond acceptors (Lipinski definition) is 9. The highest BCUT2D eigenvalue weighted by atomic mass is 127. The van der Waals surface area contributed by atoms with Crippen LogP contribution in [-0.4, -0.2) is 56.3 Å². The summed E-state index contributed by atoms with van der Waals surface area (Å²) in [6.45, 7) is 1.08. The van der Waals surface area contributed by atoms with Crippen LogP contribution in [0.25, 0.3) is 0 Å². The number of nitrogens with one attached hydrogen (secondary N) is 1. The van der Waals surface area contributed by atoms with Crippen LogP contribution in [0.4, 0.5) is 0 Å². The first-order chi connectivity index (χ1) is 21.2. The molecule has 0 aliphatic carbocycles. The van der Waals surface area contributed by atoms with Crippen molar-refractivity contribution in [2.75, 3.05) is 6.61 Å². The van der Waals surface area contributed by atoms with Gasteiger partial charge in [-0.2, -0.15) is 0 Å². The van der Waals surface area contributed by atoms with Gasteiger partial charge >= 0.3 is 23.6 Å². The summed E-state index contributed by atoms with van der Waals surface area (Å²) in [5.74, 6) is -2.07. The number of rotatable bonds is 9. The summed E-state index contributed by atoms with van der Waals surface area (Å²) in [6, 6.07) is 24.7. The lowest BCUT2D eigenvalue weighted by Crippen LogP contribution is -2.45. The van der Waals surface area contributed by atoms with E-state index >= 15 is 0 Å². The van der Waals surface area contributed by atoms with Crippen LogP contribution in [0.1, 0.15) is 42.9 Å². The third-order valence-electron chi connectivity index (χ3n) is 6.90. The molecule has 0 radical (unpaired) electrons. The van der Waals surface area contributed by atoms with Gasteiger partial charge in [0.1, 0.15) is 18.8 Å². The lowest BCUT2D eigenvalue weighted by Gasteiger charge is -2.27. The Morgan fingerprint density at radius 2 is 1.36 bits per heavy atom. The van der Waals surface area contributed by atoms with Gasteiger partial charge in [-0.15, -0.1) is 0 Å². The van der Waals surface area contributed by atoms with Gasteiger partial charge in [-0.05, 0) is 43.3 Å². The van der Waals surface area contributed by atoms with Crippen LogP contribution in [0, 0.1) is 6.92 Å². The summed E-state index contributed by atoms with van der Waals surface area (Å²) < 4.78 is 24.1. The Balaban J connectivity index is 1.51. The number of alkyl halides is 1. The summed E-state index contributed by atoms with van der Waals surface area (Å²) in [6.07, 6.45) is -3.26. The van der Waals surface area contributed by atoms with E-state index in [1.807, 2.05) is 22.6 Å². The fourth-order valence-electron chi connectivity index (χ4n) is 4.64. The third-order valence-corrected chi connectivity index (χ3v) is 8.23. The Kier molecular flexibility index (Phi) is 9.70. The molecular formula is C32H27IN2O9. The number of nitrogens with zero attached hydrogens (tertiary/aromatic N) is 1. The Bertz CT molecular complexity index is 1740. The number of aromatic nitrogens is 2. The average molecular weight is 710 g/mol. The highest BCUT2D eigenvalue weighted by Crippen LogP contribution is 2.39. The Hall–Kier alpha value is -4.56. The second kappa shape index (κ2) is 13.8. The third kappa shape index (κ3) is 6.97. The lowest BCUT2D eigenvalue weighted by atomic mass is 10.1. The average Bonchev–Trinajstić information content (AvgIpc) is 3.36. The van der Waals surface area contributed by atoms with Gasteiger partial charge in [-0.25, -0.2) is 19.2 Å². The van der Waals surface area contributed by atoms with Crippen LogP contribution < -0.4 is 11.2 Å². The van der Waals surface area contributed by atoms with Crippen molar-refractivity contribution in [3.8, 4) is 0 Å². The summed E-state index contributed by atoms with van der Waals surface area (Å²) >= 11 is 1.99. The number of carbonyl (C=O) groups is 3. The zero-order valence-corrected chi connectivity index (χ0v) is 25.5. The molecule has 1 fully saturated rings. The highest BCUT2D eigenvalue weighted by Gasteiger charge is 2.52. The summed E-state index contributed by atoms with van der Waals surface area (Å²) in [5.41, 5.74) is -0.266. The molecule has 3 aromatic carbocycles. The van der Waals surface area contributed by atoms with E-state index in [2.05, 4.69) is 4.98 Å². The minimum absolute atomic E-state index is 0.234. The van der Waals surface area contributed by atoms with E-state index in [-0.39, 0.29) is 22.3 Å². The van der Waals surface area contributed by atoms with E-state index in [0.717, 1.165) is 0 Å². The number of ether oxygens (including phenoxy) is 4. The van der Waals surface area contributed by atoms with Crippen molar-refractivity contribution < 1.29 is 33.3 Å². The first kappa shape index (κ1) is 30.9. The number of benzene rings is 3. The second-order valence-corrected chi connectivity index (χ2v) is 11.4. The number of carbonyl (C=O) groups excluding carboxylic acids is 3. The first-order valence-corrected chi connectivity index (χ1v) is 14.8. The molecule has 0 unspecified atom stereocenters. The molecule has 0 amide bonds. The first-order valence-electron chi connectivity index (χ1n) is 13.6. The molecule has 0 saturated carbocycles. The lowest BCUT2D eigenvalue weighted by molar-refractivity contribution is -0.107. The number of esters is 3. The van der Waals surface area contributed by atoms with Gasteiger partial charge in [0, 0.05) is 11.8 Å². The number of hydrogen-bond donors (Lipinski definition) is 1. The molecule has 2 heterocycles. The van der Waals surface area contributed by atoms with E-state index in [0.29, 0.717) is 0 Å². The van der Waals surface area contributed by atoms with Gasteiger partial charge in [-0.1, -0.05) is 77.2 Å². The largest absolute Gasteiger partial charge is 0.458 e. The molecule has 1 aliphatic rings. The Labute approximate surface area is 264 Å². The molecule has 11 nitrogen and oxygen atoms in total. The SMILES string of the molecule is Cc1cn([C@@H]2O[C@H]([C@@H](COC(=O)c3ccccc3)OC(=O)c3ccccc3)[C@H](OC(=O)c3ccccc3)[C@H]2I)c(=O)[nH]c1=O. The molecule has 1 N–H and O–H groups in total. The van der Waals surface area contributed by atoms with Gasteiger partial charge in [0.15, 0.2) is 12.3 Å². The van der Waals surface area contributed by atoms with Crippen LogP contribution in [0.3, 0.4) is 0 Å². The molecular weight excluding hydrogens is 683 g/mol. The van der Waals surface area contributed by atoms with Crippen LogP contribution in [0.2, 0.25) is 0 Å². The van der Waals surface area contributed by atoms with Gasteiger partial charge in [0.25, 0.3) is 5.56 Å². The molecule has 226 valence electrons. The molecule has 4 aromatic rings. The number of H-pyrrole nitrogens is 1. The number of halogens is 1. The summed E-state index contributed by atoms with van der Waals surface area (Å²) in [4.78, 5) is 66.5. The van der Waals surface area contributed by atoms with Gasteiger partial charge in [0.2, 0.25) is 0 Å². The van der Waals surface area contributed by atoms with Crippen molar-refractivity contribution in [3.63, 3.8) is 0 Å². The van der Waals surface area contributed by atoms with Crippen LogP contribution in [-0.2, 0) is 18.9 Å². The van der Waals surface area contributed by atoms with E-state index in [9.17, 15) is 24.0 Å². The van der Waals surface area contributed by atoms with E-state index in [1.54, 1.807) is 91.0 Å². The number of aromatic amines is 1. The van der Waals surface area contributed by atoms with Crippen LogP contribution in [0.5, 0.6) is 0 Å². The number of aryl methyl sites for hydroxylation is 1. The molecule has 1 saturated heterocycles. The van der Waals surface area contributed by atoms with E-state index < -0.39 is 64.2 Å². The van der Waals surface area contributed by atoms with Crippen molar-refractivity contribution in [3.05, 3.63) is 140 Å². The minimum Gasteiger partial charge on any atom is -0.458 e. The molecule has 1 aliphatic heterocycles. The zero-order chi connectivity index (χ0) is 31.2. The molecule has 0 spiro atoms. The van der Waals surface area contributed by atoms with Crippen molar-refractivity contribution in [2.24, 2.45) is 0 Å². The molecule has 5 atom stereocenters. The fourth-order valence-corrected chi connectivity index (χ4v) is 5.71. The van der Waals surface area contributed by atoms with Gasteiger partial charge < -0.3 is 18.9 Å². The Morgan fingerprint density at radius 3 is 1.93 bits per heavy atom. The van der Waals surface area contributed by atoms with Crippen molar-refractivity contribution in [2.45, 2.75) is 35.4 Å². The zero-order valence-electron chi connectivity index (χ0n) is 23.3. The maximum absolute atomic E-state index is 13.2. The fraction of sp³-hybridized carbons (Fsp3) is 0.219. The molecule has 0 bridgehead atoms. The van der Waals surface area contributed by atoms with Crippen LogP contribution in [0.15, 0.2) is 107 Å². The molecule has 44 heavy (non-hydrogen) atoms. The van der Waals surface area contributed by atoms with Gasteiger partial charge in [-0.3, -0.25) is 14.3 Å². The predicted octanol–water partition coefficient (Wildman–Crippen LogP) is 3.85. The van der Waals surface area contributed by atoms with E-state index in [1.165, 1.54) is 17.7 Å². The summed E-state index contributed by atoms with van der Waals surface area (Å²) in [5, 5.41) is 0. The quantitative estimate of drug-likeness (QED) is 0.119. The Morgan fingerprint density at radius 1 is 0.841 bits per heavy atom.